The Hall–Kier alpha value is -1.70. The van der Waals surface area contributed by atoms with Crippen molar-refractivity contribution in [3.05, 3.63) is 41.0 Å². The number of aliphatic hydroxyl groups is 1. The molecular weight excluding hydrogens is 420 g/mol. The van der Waals surface area contributed by atoms with Crippen molar-refractivity contribution in [2.24, 2.45) is 0 Å². The van der Waals surface area contributed by atoms with Crippen LogP contribution in [0.2, 0.25) is 5.02 Å². The fourth-order valence-corrected chi connectivity index (χ4v) is 5.87. The molecule has 6 nitrogen and oxygen atoms in total. The molecule has 1 aromatic carbocycles. The number of piperidine rings is 1. The van der Waals surface area contributed by atoms with Gasteiger partial charge in [-0.1, -0.05) is 23.7 Å². The summed E-state index contributed by atoms with van der Waals surface area (Å²) in [5.74, 6) is 1.85. The average Bonchev–Trinajstić information content (AvgIpc) is 2.71. The minimum Gasteiger partial charge on any atom is -0.394 e. The number of benzene rings is 1. The number of nitrogens with zero attached hydrogens (tertiary/aromatic N) is 3. The predicted octanol–water partition coefficient (Wildman–Crippen LogP) is 3.72. The number of hydrogen-bond acceptors (Lipinski definition) is 6. The summed E-state index contributed by atoms with van der Waals surface area (Å²) in [5, 5.41) is 14.0. The number of hydrogen-bond donors (Lipinski definition) is 2. The topological polar surface area (TPSA) is 78.4 Å². The number of fused-ring (bicyclic) bond motifs is 2. The van der Waals surface area contributed by atoms with Crippen LogP contribution in [0.25, 0.3) is 0 Å². The third kappa shape index (κ3) is 3.51. The van der Waals surface area contributed by atoms with Gasteiger partial charge in [0.2, 0.25) is 5.95 Å². The Balaban J connectivity index is 1.37. The summed E-state index contributed by atoms with van der Waals surface area (Å²) in [5.41, 5.74) is 1.01. The van der Waals surface area contributed by atoms with E-state index in [0.29, 0.717) is 34.7 Å². The van der Waals surface area contributed by atoms with E-state index < -0.39 is 10.8 Å². The molecule has 0 spiro atoms. The number of aliphatic hydroxyl groups excluding tert-OH is 1. The highest BCUT2D eigenvalue weighted by atomic mass is 35.5. The van der Waals surface area contributed by atoms with E-state index in [1.54, 1.807) is 12.5 Å². The van der Waals surface area contributed by atoms with Crippen molar-refractivity contribution in [2.45, 2.75) is 67.0 Å². The van der Waals surface area contributed by atoms with Gasteiger partial charge in [0.15, 0.2) is 0 Å². The molecule has 4 fully saturated rings. The maximum absolute atomic E-state index is 12.2. The lowest BCUT2D eigenvalue weighted by Gasteiger charge is -2.55. The summed E-state index contributed by atoms with van der Waals surface area (Å²) in [6.07, 6.45) is 9.53. The second-order valence-electron chi connectivity index (χ2n) is 8.92. The molecule has 4 aliphatic rings. The molecule has 2 unspecified atom stereocenters. The monoisotopic (exact) mass is 446 g/mol. The van der Waals surface area contributed by atoms with Crippen LogP contribution < -0.4 is 10.2 Å². The third-order valence-electron chi connectivity index (χ3n) is 7.07. The smallest absolute Gasteiger partial charge is 0.227 e. The summed E-state index contributed by atoms with van der Waals surface area (Å²) >= 11 is 6.04. The zero-order chi connectivity index (χ0) is 20.9. The van der Waals surface area contributed by atoms with Crippen LogP contribution in [-0.4, -0.2) is 49.8 Å². The third-order valence-corrected chi connectivity index (χ3v) is 8.24. The second-order valence-corrected chi connectivity index (χ2v) is 10.7. The van der Waals surface area contributed by atoms with Crippen molar-refractivity contribution in [3.63, 3.8) is 0 Å². The van der Waals surface area contributed by atoms with Crippen molar-refractivity contribution in [1.29, 1.82) is 0 Å². The molecule has 0 amide bonds. The molecule has 160 valence electrons. The quantitative estimate of drug-likeness (QED) is 0.704. The molecule has 2 N–H and O–H groups in total. The van der Waals surface area contributed by atoms with Crippen molar-refractivity contribution in [1.82, 2.24) is 9.97 Å². The van der Waals surface area contributed by atoms with Crippen LogP contribution in [-0.2, 0) is 10.8 Å². The zero-order valence-corrected chi connectivity index (χ0v) is 18.6. The van der Waals surface area contributed by atoms with Gasteiger partial charge >= 0.3 is 0 Å². The van der Waals surface area contributed by atoms with E-state index in [2.05, 4.69) is 27.3 Å². The number of aromatic nitrogens is 2. The highest BCUT2D eigenvalue weighted by Crippen LogP contribution is 2.47. The molecule has 1 aromatic heterocycles. The standard InChI is InChI=1S/C22H27ClN4O2S/c1-30(29)19-12-24-21(25-20(19)26-22(13-28)7-2-8-22)27-17-9-15(10-18(27)11-17)14-3-5-16(23)6-4-14/h3-6,12,15,17-18,28H,2,7-11,13H2,1H3,(H,24,25,26)/t15?,17?,18?,30-/m0/s1. The first-order chi connectivity index (χ1) is 14.5. The van der Waals surface area contributed by atoms with Gasteiger partial charge < -0.3 is 15.3 Å². The van der Waals surface area contributed by atoms with E-state index in [4.69, 9.17) is 16.6 Å². The van der Waals surface area contributed by atoms with Gasteiger partial charge in [-0.05, 0) is 62.1 Å². The molecule has 2 bridgehead atoms. The highest BCUT2D eigenvalue weighted by Gasteiger charge is 2.47. The lowest BCUT2D eigenvalue weighted by Crippen LogP contribution is -2.61. The molecule has 2 saturated carbocycles. The molecule has 6 rings (SSSR count). The number of halogens is 1. The van der Waals surface area contributed by atoms with Crippen LogP contribution in [0.1, 0.15) is 50.0 Å². The fraction of sp³-hybridized carbons (Fsp3) is 0.545. The Morgan fingerprint density at radius 2 is 1.93 bits per heavy atom. The molecule has 30 heavy (non-hydrogen) atoms. The van der Waals surface area contributed by atoms with E-state index >= 15 is 0 Å². The molecule has 0 radical (unpaired) electrons. The summed E-state index contributed by atoms with van der Waals surface area (Å²) in [7, 11) is -1.20. The van der Waals surface area contributed by atoms with Crippen LogP contribution in [0.15, 0.2) is 35.4 Å². The van der Waals surface area contributed by atoms with E-state index in [9.17, 15) is 9.32 Å². The molecule has 3 atom stereocenters. The summed E-state index contributed by atoms with van der Waals surface area (Å²) in [6, 6.07) is 9.06. The van der Waals surface area contributed by atoms with Gasteiger partial charge in [0, 0.05) is 23.4 Å². The van der Waals surface area contributed by atoms with Crippen molar-refractivity contribution < 1.29 is 9.32 Å². The van der Waals surface area contributed by atoms with E-state index in [1.807, 2.05) is 12.1 Å². The van der Waals surface area contributed by atoms with Crippen LogP contribution >= 0.6 is 11.6 Å². The van der Waals surface area contributed by atoms with E-state index in [0.717, 1.165) is 43.5 Å². The number of nitrogens with one attached hydrogen (secondary N) is 1. The molecule has 2 aliphatic carbocycles. The van der Waals surface area contributed by atoms with Gasteiger partial charge in [-0.3, -0.25) is 4.21 Å². The van der Waals surface area contributed by atoms with Gasteiger partial charge in [-0.2, -0.15) is 4.98 Å². The number of anilines is 2. The van der Waals surface area contributed by atoms with Gasteiger partial charge in [-0.25, -0.2) is 4.98 Å². The first-order valence-corrected chi connectivity index (χ1v) is 12.5. The normalized spacial score (nSPS) is 27.7. The number of rotatable bonds is 6. The molecule has 2 aliphatic heterocycles. The average molecular weight is 447 g/mol. The lowest BCUT2D eigenvalue weighted by molar-refractivity contribution is 0.143. The summed E-state index contributed by atoms with van der Waals surface area (Å²) < 4.78 is 12.2. The zero-order valence-electron chi connectivity index (χ0n) is 17.1. The van der Waals surface area contributed by atoms with Crippen LogP contribution in [0.3, 0.4) is 0 Å². The largest absolute Gasteiger partial charge is 0.394 e. The summed E-state index contributed by atoms with van der Waals surface area (Å²) in [4.78, 5) is 12.3. The lowest BCUT2D eigenvalue weighted by atomic mass is 9.71. The highest BCUT2D eigenvalue weighted by molar-refractivity contribution is 7.84. The van der Waals surface area contributed by atoms with Crippen molar-refractivity contribution >= 4 is 34.2 Å². The van der Waals surface area contributed by atoms with Gasteiger partial charge in [0.1, 0.15) is 5.82 Å². The van der Waals surface area contributed by atoms with Crippen LogP contribution in [0, 0.1) is 0 Å². The first-order valence-electron chi connectivity index (χ1n) is 10.6. The van der Waals surface area contributed by atoms with E-state index in [1.165, 1.54) is 5.56 Å². The maximum Gasteiger partial charge on any atom is 0.227 e. The Bertz CT molecular complexity index is 949. The molecule has 3 heterocycles. The van der Waals surface area contributed by atoms with Gasteiger partial charge in [0.05, 0.1) is 34.0 Å². The Labute approximate surface area is 184 Å². The van der Waals surface area contributed by atoms with Gasteiger partial charge in [-0.15, -0.1) is 0 Å². The molecule has 2 saturated heterocycles. The van der Waals surface area contributed by atoms with Gasteiger partial charge in [0.25, 0.3) is 0 Å². The molecular formula is C22H27ClN4O2S. The van der Waals surface area contributed by atoms with E-state index in [-0.39, 0.29) is 12.1 Å². The Kier molecular flexibility index (Phi) is 5.24. The summed E-state index contributed by atoms with van der Waals surface area (Å²) in [6.45, 7) is 0.0554. The van der Waals surface area contributed by atoms with Crippen molar-refractivity contribution in [2.75, 3.05) is 23.1 Å². The minimum atomic E-state index is -1.20. The van der Waals surface area contributed by atoms with Crippen molar-refractivity contribution in [3.8, 4) is 0 Å². The van der Waals surface area contributed by atoms with Crippen LogP contribution in [0.4, 0.5) is 11.8 Å². The minimum absolute atomic E-state index is 0.0554. The first kappa shape index (κ1) is 20.2. The van der Waals surface area contributed by atoms with Crippen LogP contribution in [0.5, 0.6) is 0 Å². The maximum atomic E-state index is 12.2. The molecule has 2 aromatic rings. The second kappa shape index (κ2) is 7.77. The fourth-order valence-electron chi connectivity index (χ4n) is 5.17. The Morgan fingerprint density at radius 3 is 2.50 bits per heavy atom. The predicted molar refractivity (Wildman–Crippen MR) is 120 cm³/mol. The SMILES string of the molecule is C[S@](=O)c1cnc(N2C3CC(c4ccc(Cl)cc4)CC2C3)nc1NC1(CO)CCC1. The molecule has 8 heteroatoms. The Morgan fingerprint density at radius 1 is 1.23 bits per heavy atom.